The summed E-state index contributed by atoms with van der Waals surface area (Å²) >= 11 is 5.89. The van der Waals surface area contributed by atoms with Crippen molar-refractivity contribution in [2.75, 3.05) is 20.3 Å². The molecule has 0 heterocycles. The molecule has 0 spiro atoms. The molecule has 0 amide bonds. The van der Waals surface area contributed by atoms with Crippen molar-refractivity contribution in [3.8, 4) is 5.75 Å². The molecule has 1 aromatic rings. The lowest BCUT2D eigenvalue weighted by atomic mass is 10.0. The van der Waals surface area contributed by atoms with Gasteiger partial charge in [-0.15, -0.1) is 0 Å². The van der Waals surface area contributed by atoms with Gasteiger partial charge in [0.2, 0.25) is 0 Å². The number of halogens is 4. The summed E-state index contributed by atoms with van der Waals surface area (Å²) in [6, 6.07) is 4.54. The Morgan fingerprint density at radius 3 is 2.65 bits per heavy atom. The largest absolute Gasteiger partial charge is 0.496 e. The topological polar surface area (TPSA) is 56.5 Å². The van der Waals surface area contributed by atoms with Crippen molar-refractivity contribution in [3.05, 3.63) is 28.8 Å². The summed E-state index contributed by atoms with van der Waals surface area (Å²) in [6.07, 6.45) is -4.08. The zero-order chi connectivity index (χ0) is 15.2. The first-order valence-corrected chi connectivity index (χ1v) is 6.19. The minimum Gasteiger partial charge on any atom is -0.496 e. The summed E-state index contributed by atoms with van der Waals surface area (Å²) in [5, 5.41) is 0.484. The summed E-state index contributed by atoms with van der Waals surface area (Å²) in [7, 11) is 1.49. The van der Waals surface area contributed by atoms with E-state index in [4.69, 9.17) is 22.2 Å². The van der Waals surface area contributed by atoms with E-state index in [2.05, 4.69) is 10.2 Å². The number of alkyl halides is 3. The van der Waals surface area contributed by atoms with Crippen LogP contribution in [0.1, 0.15) is 18.0 Å². The molecule has 20 heavy (non-hydrogen) atoms. The van der Waals surface area contributed by atoms with Crippen LogP contribution in [-0.4, -0.2) is 26.5 Å². The van der Waals surface area contributed by atoms with Crippen molar-refractivity contribution in [2.45, 2.75) is 18.6 Å². The monoisotopic (exact) mass is 312 g/mol. The van der Waals surface area contributed by atoms with Crippen molar-refractivity contribution in [2.24, 2.45) is 5.84 Å². The third-order valence-corrected chi connectivity index (χ3v) is 2.82. The molecule has 0 saturated heterocycles. The lowest BCUT2D eigenvalue weighted by Crippen LogP contribution is -2.30. The standard InChI is InChI=1S/C12H16ClF3N2O2/c1-19-11-3-2-8(13)6-9(11)10(18-17)4-5-20-7-12(14,15)16/h2-3,6,10,18H,4-5,7,17H2,1H3. The Hall–Kier alpha value is -1.02. The number of nitrogens with two attached hydrogens (primary N) is 1. The fourth-order valence-electron chi connectivity index (χ4n) is 1.70. The molecule has 1 rings (SSSR count). The summed E-state index contributed by atoms with van der Waals surface area (Å²) in [4.78, 5) is 0. The van der Waals surface area contributed by atoms with Crippen LogP contribution in [0.2, 0.25) is 5.02 Å². The van der Waals surface area contributed by atoms with E-state index in [0.29, 0.717) is 16.3 Å². The van der Waals surface area contributed by atoms with Crippen molar-refractivity contribution in [1.29, 1.82) is 0 Å². The predicted octanol–water partition coefficient (Wildman–Crippen LogP) is 2.82. The van der Waals surface area contributed by atoms with Gasteiger partial charge in [0.25, 0.3) is 0 Å². The van der Waals surface area contributed by atoms with Crippen LogP contribution in [0, 0.1) is 0 Å². The number of benzene rings is 1. The number of hydrazine groups is 1. The molecule has 0 aliphatic carbocycles. The quantitative estimate of drug-likeness (QED) is 0.462. The highest BCUT2D eigenvalue weighted by Crippen LogP contribution is 2.29. The molecule has 0 saturated carbocycles. The number of methoxy groups -OCH3 is 1. The summed E-state index contributed by atoms with van der Waals surface area (Å²) in [6.45, 7) is -1.37. The van der Waals surface area contributed by atoms with E-state index in [1.165, 1.54) is 7.11 Å². The van der Waals surface area contributed by atoms with Crippen LogP contribution in [0.3, 0.4) is 0 Å². The van der Waals surface area contributed by atoms with Gasteiger partial charge in [0, 0.05) is 17.2 Å². The zero-order valence-corrected chi connectivity index (χ0v) is 11.6. The molecule has 1 atom stereocenters. The van der Waals surface area contributed by atoms with Gasteiger partial charge < -0.3 is 9.47 Å². The van der Waals surface area contributed by atoms with E-state index in [0.717, 1.165) is 0 Å². The highest BCUT2D eigenvalue weighted by Gasteiger charge is 2.27. The maximum Gasteiger partial charge on any atom is 0.411 e. The van der Waals surface area contributed by atoms with E-state index in [1.807, 2.05) is 0 Å². The molecular formula is C12H16ClF3N2O2. The molecule has 0 bridgehead atoms. The van der Waals surface area contributed by atoms with Crippen LogP contribution in [-0.2, 0) is 4.74 Å². The molecule has 114 valence electrons. The van der Waals surface area contributed by atoms with Gasteiger partial charge in [-0.1, -0.05) is 11.6 Å². The zero-order valence-electron chi connectivity index (χ0n) is 10.8. The first-order valence-electron chi connectivity index (χ1n) is 5.81. The van der Waals surface area contributed by atoms with E-state index in [1.54, 1.807) is 18.2 Å². The Bertz CT molecular complexity index is 430. The fourth-order valence-corrected chi connectivity index (χ4v) is 1.88. The third kappa shape index (κ3) is 5.54. The molecule has 0 aromatic heterocycles. The minimum absolute atomic E-state index is 0.0932. The maximum absolute atomic E-state index is 12.0. The molecular weight excluding hydrogens is 297 g/mol. The van der Waals surface area contributed by atoms with Gasteiger partial charge in [0.15, 0.2) is 0 Å². The SMILES string of the molecule is COc1ccc(Cl)cc1C(CCOCC(F)(F)F)NN. The lowest BCUT2D eigenvalue weighted by Gasteiger charge is -2.19. The van der Waals surface area contributed by atoms with Crippen LogP contribution in [0.15, 0.2) is 18.2 Å². The second-order valence-electron chi connectivity index (χ2n) is 4.06. The molecule has 8 heteroatoms. The van der Waals surface area contributed by atoms with Crippen LogP contribution in [0.5, 0.6) is 5.75 Å². The Morgan fingerprint density at radius 2 is 2.10 bits per heavy atom. The predicted molar refractivity (Wildman–Crippen MR) is 69.6 cm³/mol. The Morgan fingerprint density at radius 1 is 1.40 bits per heavy atom. The normalized spacial score (nSPS) is 13.3. The molecule has 4 nitrogen and oxygen atoms in total. The molecule has 1 unspecified atom stereocenters. The van der Waals surface area contributed by atoms with E-state index in [9.17, 15) is 13.2 Å². The van der Waals surface area contributed by atoms with Crippen LogP contribution in [0.25, 0.3) is 0 Å². The number of nitrogens with one attached hydrogen (secondary N) is 1. The fraction of sp³-hybridized carbons (Fsp3) is 0.500. The summed E-state index contributed by atoms with van der Waals surface area (Å²) in [5.74, 6) is 5.97. The second kappa shape index (κ2) is 7.68. The molecule has 1 aromatic carbocycles. The molecule has 0 radical (unpaired) electrons. The first-order chi connectivity index (χ1) is 9.37. The number of hydrogen-bond donors (Lipinski definition) is 2. The van der Waals surface area contributed by atoms with Crippen molar-refractivity contribution >= 4 is 11.6 Å². The van der Waals surface area contributed by atoms with Gasteiger partial charge in [-0.3, -0.25) is 11.3 Å². The molecule has 0 aliphatic rings. The summed E-state index contributed by atoms with van der Waals surface area (Å²) < 4.78 is 45.6. The Kier molecular flexibility index (Phi) is 6.54. The average Bonchev–Trinajstić information content (AvgIpc) is 2.37. The first kappa shape index (κ1) is 17.0. The van der Waals surface area contributed by atoms with Gasteiger partial charge in [-0.05, 0) is 24.6 Å². The van der Waals surface area contributed by atoms with Gasteiger partial charge in [-0.25, -0.2) is 0 Å². The van der Waals surface area contributed by atoms with E-state index >= 15 is 0 Å². The summed E-state index contributed by atoms with van der Waals surface area (Å²) in [5.41, 5.74) is 3.18. The minimum atomic E-state index is -4.33. The lowest BCUT2D eigenvalue weighted by molar-refractivity contribution is -0.174. The van der Waals surface area contributed by atoms with Gasteiger partial charge in [0.1, 0.15) is 12.4 Å². The highest BCUT2D eigenvalue weighted by molar-refractivity contribution is 6.30. The number of rotatable bonds is 7. The van der Waals surface area contributed by atoms with Crippen molar-refractivity contribution < 1.29 is 22.6 Å². The highest BCUT2D eigenvalue weighted by atomic mass is 35.5. The maximum atomic E-state index is 12.0. The molecule has 0 aliphatic heterocycles. The van der Waals surface area contributed by atoms with Crippen LogP contribution >= 0.6 is 11.6 Å². The Labute approximate surface area is 120 Å². The van der Waals surface area contributed by atoms with E-state index < -0.39 is 18.8 Å². The van der Waals surface area contributed by atoms with Crippen LogP contribution < -0.4 is 16.0 Å². The Balaban J connectivity index is 2.64. The van der Waals surface area contributed by atoms with E-state index in [-0.39, 0.29) is 13.0 Å². The second-order valence-corrected chi connectivity index (χ2v) is 4.50. The van der Waals surface area contributed by atoms with Gasteiger partial charge in [0.05, 0.1) is 13.2 Å². The molecule has 0 fully saturated rings. The third-order valence-electron chi connectivity index (χ3n) is 2.58. The number of hydrogen-bond acceptors (Lipinski definition) is 4. The average molecular weight is 313 g/mol. The number of ether oxygens (including phenoxy) is 2. The smallest absolute Gasteiger partial charge is 0.411 e. The van der Waals surface area contributed by atoms with Gasteiger partial charge >= 0.3 is 6.18 Å². The van der Waals surface area contributed by atoms with Gasteiger partial charge in [-0.2, -0.15) is 13.2 Å². The van der Waals surface area contributed by atoms with Crippen molar-refractivity contribution in [1.82, 2.24) is 5.43 Å². The molecule has 3 N–H and O–H groups in total. The van der Waals surface area contributed by atoms with Crippen molar-refractivity contribution in [3.63, 3.8) is 0 Å². The van der Waals surface area contributed by atoms with Crippen LogP contribution in [0.4, 0.5) is 13.2 Å².